The lowest BCUT2D eigenvalue weighted by Gasteiger charge is -2.27. The van der Waals surface area contributed by atoms with E-state index in [4.69, 9.17) is 9.72 Å². The number of hydrogen-bond acceptors (Lipinski definition) is 7. The van der Waals surface area contributed by atoms with Crippen molar-refractivity contribution in [2.45, 2.75) is 25.4 Å². The number of para-hydroxylation sites is 2. The quantitative estimate of drug-likeness (QED) is 0.264. The Balaban J connectivity index is 1.07. The Morgan fingerprint density at radius 1 is 0.913 bits per heavy atom. The van der Waals surface area contributed by atoms with E-state index in [9.17, 15) is 24.0 Å². The third kappa shape index (κ3) is 4.97. The predicted octanol–water partition coefficient (Wildman–Crippen LogP) is 4.03. The van der Waals surface area contributed by atoms with Crippen molar-refractivity contribution >= 4 is 40.6 Å². The fourth-order valence-corrected chi connectivity index (χ4v) is 5.88. The van der Waals surface area contributed by atoms with Crippen LogP contribution in [0.25, 0.3) is 28.1 Å². The van der Waals surface area contributed by atoms with E-state index in [-0.39, 0.29) is 36.1 Å². The number of carbonyl (C=O) groups is 5. The number of amides is 5. The summed E-state index contributed by atoms with van der Waals surface area (Å²) in [4.78, 5) is 68.8. The maximum atomic E-state index is 13.1. The van der Waals surface area contributed by atoms with Gasteiger partial charge in [0.15, 0.2) is 0 Å². The lowest BCUT2D eigenvalue weighted by atomic mass is 10.0. The molecule has 46 heavy (non-hydrogen) atoms. The third-order valence-electron chi connectivity index (χ3n) is 8.26. The summed E-state index contributed by atoms with van der Waals surface area (Å²) in [7, 11) is 1.63. The van der Waals surface area contributed by atoms with Crippen LogP contribution in [-0.2, 0) is 16.1 Å². The van der Waals surface area contributed by atoms with E-state index in [1.807, 2.05) is 72.8 Å². The second kappa shape index (κ2) is 11.4. The molecule has 0 bridgehead atoms. The van der Waals surface area contributed by atoms with Crippen LogP contribution in [0.3, 0.4) is 0 Å². The molecule has 5 aromatic rings. The van der Waals surface area contributed by atoms with Gasteiger partial charge in [0, 0.05) is 29.8 Å². The van der Waals surface area contributed by atoms with Crippen molar-refractivity contribution in [2.75, 3.05) is 7.11 Å². The predicted molar refractivity (Wildman–Crippen MR) is 167 cm³/mol. The van der Waals surface area contributed by atoms with Crippen molar-refractivity contribution in [2.24, 2.45) is 0 Å². The van der Waals surface area contributed by atoms with Gasteiger partial charge in [0.1, 0.15) is 17.6 Å². The van der Waals surface area contributed by atoms with Crippen molar-refractivity contribution in [3.63, 3.8) is 0 Å². The summed E-state index contributed by atoms with van der Waals surface area (Å²) in [6, 6.07) is 26.6. The van der Waals surface area contributed by atoms with Gasteiger partial charge in [0.25, 0.3) is 17.7 Å². The summed E-state index contributed by atoms with van der Waals surface area (Å²) in [5.74, 6) is -1.32. The van der Waals surface area contributed by atoms with Crippen molar-refractivity contribution < 1.29 is 28.7 Å². The molecule has 2 aliphatic rings. The highest BCUT2D eigenvalue weighted by Crippen LogP contribution is 2.31. The molecule has 0 aliphatic carbocycles. The Morgan fingerprint density at radius 3 is 2.39 bits per heavy atom. The van der Waals surface area contributed by atoms with Gasteiger partial charge in [-0.2, -0.15) is 0 Å². The van der Waals surface area contributed by atoms with Gasteiger partial charge in [-0.25, -0.2) is 4.98 Å². The number of hydrogen-bond donors (Lipinski definition) is 2. The monoisotopic (exact) mass is 613 g/mol. The van der Waals surface area contributed by atoms with E-state index in [1.54, 1.807) is 7.11 Å². The highest BCUT2D eigenvalue weighted by molar-refractivity contribution is 6.24. The molecule has 1 saturated heterocycles. The minimum Gasteiger partial charge on any atom is -0.497 e. The van der Waals surface area contributed by atoms with Crippen molar-refractivity contribution in [3.8, 4) is 22.8 Å². The molecular weight excluding hydrogens is 586 g/mol. The van der Waals surface area contributed by atoms with Crippen LogP contribution in [0.15, 0.2) is 91.0 Å². The largest absolute Gasteiger partial charge is 0.497 e. The summed E-state index contributed by atoms with van der Waals surface area (Å²) in [6.45, 7) is 0.223. The zero-order chi connectivity index (χ0) is 31.9. The number of benzene rings is 4. The smallest absolute Gasteiger partial charge is 0.262 e. The van der Waals surface area contributed by atoms with E-state index in [0.717, 1.165) is 44.3 Å². The molecule has 0 spiro atoms. The first kappa shape index (κ1) is 28.7. The molecule has 11 heteroatoms. The Labute approximate surface area is 262 Å². The van der Waals surface area contributed by atoms with Crippen LogP contribution >= 0.6 is 0 Å². The molecular formula is C35H27N5O6. The number of piperidine rings is 1. The maximum Gasteiger partial charge on any atom is 0.262 e. The molecule has 2 aliphatic heterocycles. The molecule has 11 nitrogen and oxygen atoms in total. The topological polar surface area (TPSA) is 140 Å². The van der Waals surface area contributed by atoms with Crippen molar-refractivity contribution in [3.05, 3.63) is 113 Å². The molecule has 7 rings (SSSR count). The first-order chi connectivity index (χ1) is 22.3. The van der Waals surface area contributed by atoms with E-state index in [1.165, 1.54) is 18.2 Å². The Morgan fingerprint density at radius 2 is 1.65 bits per heavy atom. The van der Waals surface area contributed by atoms with Gasteiger partial charge in [-0.05, 0) is 66.6 Å². The van der Waals surface area contributed by atoms with Gasteiger partial charge < -0.3 is 10.1 Å². The number of imide groups is 2. The number of aromatic nitrogens is 2. The van der Waals surface area contributed by atoms with Crippen LogP contribution in [0.1, 0.15) is 49.5 Å². The number of fused-ring (bicyclic) bond motifs is 2. The van der Waals surface area contributed by atoms with Crippen LogP contribution in [0, 0.1) is 0 Å². The van der Waals surface area contributed by atoms with Gasteiger partial charge >= 0.3 is 0 Å². The molecule has 3 heterocycles. The Hall–Kier alpha value is -6.10. The first-order valence-corrected chi connectivity index (χ1v) is 14.7. The maximum absolute atomic E-state index is 13.1. The lowest BCUT2D eigenvalue weighted by molar-refractivity contribution is -0.136. The molecule has 1 atom stereocenters. The zero-order valence-corrected chi connectivity index (χ0v) is 24.7. The van der Waals surface area contributed by atoms with Crippen LogP contribution in [0.4, 0.5) is 0 Å². The summed E-state index contributed by atoms with van der Waals surface area (Å²) < 4.78 is 7.41. The minimum atomic E-state index is -1.07. The highest BCUT2D eigenvalue weighted by atomic mass is 16.5. The highest BCUT2D eigenvalue weighted by Gasteiger charge is 2.44. The number of nitrogens with one attached hydrogen (secondary N) is 2. The first-order valence-electron chi connectivity index (χ1n) is 14.7. The Kier molecular flexibility index (Phi) is 7.12. The van der Waals surface area contributed by atoms with Crippen LogP contribution in [0.2, 0.25) is 0 Å². The number of ether oxygens (including phenoxy) is 1. The van der Waals surface area contributed by atoms with Gasteiger partial charge in [-0.1, -0.05) is 36.4 Å². The van der Waals surface area contributed by atoms with E-state index < -0.39 is 35.6 Å². The van der Waals surface area contributed by atoms with Crippen molar-refractivity contribution in [1.29, 1.82) is 0 Å². The van der Waals surface area contributed by atoms with E-state index in [0.29, 0.717) is 0 Å². The molecule has 0 radical (unpaired) electrons. The standard InChI is InChI=1S/C35H27N5O6/c1-46-24-13-11-23(12-14-24)39-28-5-3-2-4-27(28)37-31(39)21-8-6-20(7-9-21)19-36-32(42)22-10-15-25-26(18-22)35(45)40(34(25)44)29-16-17-30(41)38-33(29)43/h2-15,18,29H,16-17,19H2,1H3,(H,36,42)(H,38,41,43). The molecule has 228 valence electrons. The second-order valence-corrected chi connectivity index (χ2v) is 11.0. The third-order valence-corrected chi connectivity index (χ3v) is 8.26. The number of imidazole rings is 1. The lowest BCUT2D eigenvalue weighted by Crippen LogP contribution is -2.54. The fourth-order valence-electron chi connectivity index (χ4n) is 5.88. The van der Waals surface area contributed by atoms with Gasteiger partial charge in [-0.15, -0.1) is 0 Å². The molecule has 0 saturated carbocycles. The number of nitrogens with zero attached hydrogens (tertiary/aromatic N) is 3. The van der Waals surface area contributed by atoms with E-state index in [2.05, 4.69) is 15.2 Å². The van der Waals surface area contributed by atoms with Crippen molar-refractivity contribution in [1.82, 2.24) is 25.1 Å². The number of rotatable bonds is 7. The average Bonchev–Trinajstić information content (AvgIpc) is 3.58. The van der Waals surface area contributed by atoms with Crippen LogP contribution in [-0.4, -0.2) is 57.1 Å². The number of methoxy groups -OCH3 is 1. The molecule has 2 N–H and O–H groups in total. The van der Waals surface area contributed by atoms with Gasteiger partial charge in [-0.3, -0.25) is 38.8 Å². The molecule has 1 fully saturated rings. The molecule has 1 unspecified atom stereocenters. The normalized spacial score (nSPS) is 16.0. The van der Waals surface area contributed by atoms with Crippen LogP contribution < -0.4 is 15.4 Å². The summed E-state index contributed by atoms with van der Waals surface area (Å²) in [5.41, 5.74) is 4.87. The average molecular weight is 614 g/mol. The minimum absolute atomic E-state index is 0.0289. The van der Waals surface area contributed by atoms with Gasteiger partial charge in [0.05, 0.1) is 29.3 Å². The SMILES string of the molecule is COc1ccc(-n2c(-c3ccc(CNC(=O)c4ccc5c(c4)C(=O)N(C4CCC(=O)NC4=O)C5=O)cc3)nc3ccccc32)cc1. The van der Waals surface area contributed by atoms with Crippen LogP contribution in [0.5, 0.6) is 5.75 Å². The fraction of sp³-hybridized carbons (Fsp3) is 0.143. The van der Waals surface area contributed by atoms with Gasteiger partial charge in [0.2, 0.25) is 11.8 Å². The summed E-state index contributed by atoms with van der Waals surface area (Å²) in [6.07, 6.45) is 0.0865. The number of carbonyl (C=O) groups excluding carboxylic acids is 5. The second-order valence-electron chi connectivity index (χ2n) is 11.0. The summed E-state index contributed by atoms with van der Waals surface area (Å²) in [5, 5.41) is 5.04. The van der Waals surface area contributed by atoms with E-state index >= 15 is 0 Å². The summed E-state index contributed by atoms with van der Waals surface area (Å²) >= 11 is 0. The zero-order valence-electron chi connectivity index (χ0n) is 24.7. The molecule has 5 amide bonds. The Bertz CT molecular complexity index is 2070. The molecule has 1 aromatic heterocycles. The molecule has 4 aromatic carbocycles.